The maximum absolute atomic E-state index is 17.3. The van der Waals surface area contributed by atoms with E-state index >= 15 is 8.78 Å². The van der Waals surface area contributed by atoms with Crippen molar-refractivity contribution < 1.29 is 38.3 Å². The zero-order valence-corrected chi connectivity index (χ0v) is 31.6. The Kier molecular flexibility index (Phi) is 9.60. The van der Waals surface area contributed by atoms with Gasteiger partial charge >= 0.3 is 6.01 Å². The van der Waals surface area contributed by atoms with Crippen LogP contribution in [0, 0.1) is 17.0 Å². The molecule has 4 saturated heterocycles. The van der Waals surface area contributed by atoms with Crippen molar-refractivity contribution in [1.29, 1.82) is 0 Å². The van der Waals surface area contributed by atoms with Crippen LogP contribution in [0.5, 0.6) is 11.8 Å². The van der Waals surface area contributed by atoms with E-state index in [9.17, 15) is 15.3 Å². The van der Waals surface area contributed by atoms with Gasteiger partial charge in [0.15, 0.2) is 5.82 Å². The van der Waals surface area contributed by atoms with Gasteiger partial charge in [0.2, 0.25) is 0 Å². The van der Waals surface area contributed by atoms with Crippen LogP contribution in [0.1, 0.15) is 77.2 Å². The van der Waals surface area contributed by atoms with Gasteiger partial charge in [0.25, 0.3) is 0 Å². The Balaban J connectivity index is 1.13. The third-order valence-corrected chi connectivity index (χ3v) is 13.1. The number of halogens is 2. The average molecular weight is 760 g/mol. The first-order valence-corrected chi connectivity index (χ1v) is 20.1. The first-order valence-electron chi connectivity index (χ1n) is 20.1. The number of ether oxygens (including phenoxy) is 3. The molecule has 13 heteroatoms. The van der Waals surface area contributed by atoms with E-state index in [0.29, 0.717) is 59.5 Å². The molecule has 6 atom stereocenters. The molecule has 0 spiro atoms. The molecule has 2 aromatic heterocycles. The van der Waals surface area contributed by atoms with Gasteiger partial charge in [0, 0.05) is 35.8 Å². The average Bonchev–Trinajstić information content (AvgIpc) is 3.72. The molecule has 9 rings (SSSR count). The molecular weight excluding hydrogens is 708 g/mol. The summed E-state index contributed by atoms with van der Waals surface area (Å²) in [6, 6.07) is 6.73. The van der Waals surface area contributed by atoms with Gasteiger partial charge in [-0.25, -0.2) is 8.78 Å². The number of piperidine rings is 1. The van der Waals surface area contributed by atoms with Gasteiger partial charge in [0.05, 0.1) is 50.1 Å². The molecule has 5 fully saturated rings. The number of hydrogen-bond acceptors (Lipinski definition) is 11. The predicted molar refractivity (Wildman–Crippen MR) is 203 cm³/mol. The SMILES string of the molecule is CCc1c(F)ccc2cc(O)cc(-c3ncc4c(N5CC(CO)OCC(C)(O)C5)nc(OCC56CCCC5N(C5CC7CCC(C5)O7)CCC6)nc4c3F)c12. The lowest BCUT2D eigenvalue weighted by molar-refractivity contribution is -0.0798. The van der Waals surface area contributed by atoms with Crippen LogP contribution in [0.3, 0.4) is 0 Å². The highest BCUT2D eigenvalue weighted by atomic mass is 19.1. The van der Waals surface area contributed by atoms with Crippen LogP contribution in [0.2, 0.25) is 0 Å². The zero-order chi connectivity index (χ0) is 38.1. The predicted octanol–water partition coefficient (Wildman–Crippen LogP) is 6.06. The number of aryl methyl sites for hydroxylation is 1. The van der Waals surface area contributed by atoms with Crippen LogP contribution in [-0.4, -0.2) is 111 Å². The number of β-amino-alcohol motifs (C(OH)–C–C–N with tert-alkyl or cyclic N) is 1. The molecule has 6 heterocycles. The maximum Gasteiger partial charge on any atom is 0.319 e. The molecule has 3 N–H and O–H groups in total. The summed E-state index contributed by atoms with van der Waals surface area (Å²) in [6.45, 7) is 4.89. The smallest absolute Gasteiger partial charge is 0.319 e. The van der Waals surface area contributed by atoms with Crippen LogP contribution in [0.25, 0.3) is 32.9 Å². The minimum Gasteiger partial charge on any atom is -0.508 e. The van der Waals surface area contributed by atoms with Gasteiger partial charge in [0.1, 0.15) is 34.2 Å². The van der Waals surface area contributed by atoms with E-state index in [0.717, 1.165) is 64.3 Å². The number of nitrogens with zero attached hydrogens (tertiary/aromatic N) is 5. The summed E-state index contributed by atoms with van der Waals surface area (Å²) in [6.07, 6.45) is 11.7. The molecular formula is C42H51F2N5O6. The second-order valence-electron chi connectivity index (χ2n) is 17.0. The third kappa shape index (κ3) is 6.69. The van der Waals surface area contributed by atoms with Crippen molar-refractivity contribution in [2.45, 2.75) is 114 Å². The molecule has 1 saturated carbocycles. The second-order valence-corrected chi connectivity index (χ2v) is 17.0. The van der Waals surface area contributed by atoms with Crippen molar-refractivity contribution in [3.8, 4) is 23.0 Å². The molecule has 2 aromatic carbocycles. The molecule has 294 valence electrons. The van der Waals surface area contributed by atoms with Crippen molar-refractivity contribution in [1.82, 2.24) is 19.9 Å². The standard InChI is InChI=1S/C42H51F2N5O6/c1-3-30-33(43)10-7-24-14-26(51)17-31(35(24)30)37-36(44)38-32(18-45-37)39(48-19-29(20-50)53-22-41(2,52)21-48)47-40(46-38)54-23-42-11-4-6-34(42)49(13-5-12-42)25-15-27-8-9-28(16-25)55-27/h7,10,14,17-18,25,27-29,34,50-52H,3-6,8-9,11-13,15-16,19-23H2,1-2H3. The minimum atomic E-state index is -1.31. The number of anilines is 1. The van der Waals surface area contributed by atoms with Crippen LogP contribution < -0.4 is 9.64 Å². The van der Waals surface area contributed by atoms with E-state index in [1.54, 1.807) is 17.9 Å². The van der Waals surface area contributed by atoms with Crippen molar-refractivity contribution in [3.63, 3.8) is 0 Å². The van der Waals surface area contributed by atoms with Crippen molar-refractivity contribution in [3.05, 3.63) is 47.7 Å². The summed E-state index contributed by atoms with van der Waals surface area (Å²) in [5.74, 6) is -0.998. The highest BCUT2D eigenvalue weighted by Gasteiger charge is 2.51. The number of fused-ring (bicyclic) bond motifs is 5. The lowest BCUT2D eigenvalue weighted by Gasteiger charge is -2.50. The Morgan fingerprint density at radius 2 is 1.85 bits per heavy atom. The number of aromatic nitrogens is 3. The molecule has 11 nitrogen and oxygen atoms in total. The highest BCUT2D eigenvalue weighted by Crippen LogP contribution is 2.50. The van der Waals surface area contributed by atoms with Gasteiger partial charge in [-0.2, -0.15) is 9.97 Å². The van der Waals surface area contributed by atoms with Gasteiger partial charge in [-0.05, 0) is 106 Å². The normalized spacial score (nSPS) is 31.2. The van der Waals surface area contributed by atoms with Gasteiger partial charge in [-0.15, -0.1) is 0 Å². The number of benzene rings is 2. The van der Waals surface area contributed by atoms with Gasteiger partial charge in [-0.3, -0.25) is 9.88 Å². The molecule has 0 radical (unpaired) electrons. The molecule has 2 bridgehead atoms. The fourth-order valence-electron chi connectivity index (χ4n) is 10.6. The van der Waals surface area contributed by atoms with E-state index < -0.39 is 23.3 Å². The Hall–Kier alpha value is -3.75. The minimum absolute atomic E-state index is 0.00576. The number of aromatic hydroxyl groups is 1. The Labute approximate surface area is 319 Å². The van der Waals surface area contributed by atoms with E-state index in [-0.39, 0.29) is 65.6 Å². The quantitative estimate of drug-likeness (QED) is 0.194. The molecule has 1 aliphatic carbocycles. The summed E-state index contributed by atoms with van der Waals surface area (Å²) in [7, 11) is 0. The number of hydrogen-bond donors (Lipinski definition) is 3. The third-order valence-electron chi connectivity index (χ3n) is 13.1. The van der Waals surface area contributed by atoms with Crippen LogP contribution in [0.15, 0.2) is 30.5 Å². The summed E-state index contributed by atoms with van der Waals surface area (Å²) >= 11 is 0. The Morgan fingerprint density at radius 3 is 2.64 bits per heavy atom. The van der Waals surface area contributed by atoms with Gasteiger partial charge < -0.3 is 34.4 Å². The number of rotatable bonds is 8. The van der Waals surface area contributed by atoms with Crippen LogP contribution in [-0.2, 0) is 15.9 Å². The van der Waals surface area contributed by atoms with E-state index in [2.05, 4.69) is 9.88 Å². The monoisotopic (exact) mass is 759 g/mol. The van der Waals surface area contributed by atoms with E-state index in [1.807, 2.05) is 6.92 Å². The van der Waals surface area contributed by atoms with Gasteiger partial charge in [-0.1, -0.05) is 19.4 Å². The van der Waals surface area contributed by atoms with Crippen LogP contribution in [0.4, 0.5) is 14.6 Å². The largest absolute Gasteiger partial charge is 0.508 e. The summed E-state index contributed by atoms with van der Waals surface area (Å²) < 4.78 is 51.1. The number of aliphatic hydroxyl groups excluding tert-OH is 1. The first kappa shape index (κ1) is 36.9. The number of phenols is 1. The lowest BCUT2D eigenvalue weighted by atomic mass is 9.74. The molecule has 4 aromatic rings. The fourth-order valence-corrected chi connectivity index (χ4v) is 10.6. The second kappa shape index (κ2) is 14.3. The van der Waals surface area contributed by atoms with Crippen molar-refractivity contribution in [2.24, 2.45) is 5.41 Å². The van der Waals surface area contributed by atoms with Crippen molar-refractivity contribution in [2.75, 3.05) is 44.4 Å². The number of likely N-dealkylation sites (tertiary alicyclic amines) is 1. The van der Waals surface area contributed by atoms with Crippen LogP contribution >= 0.6 is 0 Å². The molecule has 0 amide bonds. The molecule has 5 aliphatic rings. The molecule has 55 heavy (non-hydrogen) atoms. The number of aliphatic hydroxyl groups is 2. The number of pyridine rings is 1. The maximum atomic E-state index is 17.3. The summed E-state index contributed by atoms with van der Waals surface area (Å²) in [5.41, 5.74) is -0.907. The first-order chi connectivity index (χ1) is 26.5. The lowest BCUT2D eigenvalue weighted by Crippen LogP contribution is -2.57. The van der Waals surface area contributed by atoms with E-state index in [4.69, 9.17) is 24.2 Å². The Morgan fingerprint density at radius 1 is 1.05 bits per heavy atom. The summed E-state index contributed by atoms with van der Waals surface area (Å²) in [5, 5.41) is 33.4. The fraction of sp³-hybridized carbons (Fsp3) is 0.595. The molecule has 4 aliphatic heterocycles. The van der Waals surface area contributed by atoms with Crippen molar-refractivity contribution >= 4 is 27.5 Å². The van der Waals surface area contributed by atoms with E-state index in [1.165, 1.54) is 24.4 Å². The molecule has 6 unspecified atom stereocenters. The topological polar surface area (TPSA) is 134 Å². The highest BCUT2D eigenvalue weighted by molar-refractivity contribution is 6.01. The number of phenolic OH excluding ortho intramolecular Hbond substituents is 1. The summed E-state index contributed by atoms with van der Waals surface area (Å²) in [4.78, 5) is 18.7. The Bertz CT molecular complexity index is 2090. The zero-order valence-electron chi connectivity index (χ0n) is 31.6.